The van der Waals surface area contributed by atoms with E-state index in [4.69, 9.17) is 5.73 Å². The molecule has 1 aromatic carbocycles. The molecule has 136 valence electrons. The molecule has 24 heavy (non-hydrogen) atoms. The smallest absolute Gasteiger partial charge is 0.387 e. The van der Waals surface area contributed by atoms with E-state index in [1.54, 1.807) is 12.1 Å². The number of hydrogen-bond donors (Lipinski definition) is 1. The lowest BCUT2D eigenvalue weighted by Gasteiger charge is -2.38. The third-order valence-electron chi connectivity index (χ3n) is 4.35. The van der Waals surface area contributed by atoms with Gasteiger partial charge in [-0.2, -0.15) is 8.78 Å². The number of alkyl halides is 2. The summed E-state index contributed by atoms with van der Waals surface area (Å²) in [7, 11) is 0. The van der Waals surface area contributed by atoms with E-state index in [0.29, 0.717) is 25.3 Å². The van der Waals surface area contributed by atoms with Crippen molar-refractivity contribution >= 4 is 18.3 Å². The molecule has 0 radical (unpaired) electrons. The van der Waals surface area contributed by atoms with Gasteiger partial charge in [-0.15, -0.1) is 12.4 Å². The largest absolute Gasteiger partial charge is 0.435 e. The van der Waals surface area contributed by atoms with Gasteiger partial charge in [0.25, 0.3) is 0 Å². The van der Waals surface area contributed by atoms with Crippen molar-refractivity contribution in [2.75, 3.05) is 13.1 Å². The van der Waals surface area contributed by atoms with E-state index >= 15 is 0 Å². The number of nitrogens with zero attached hydrogens (tertiary/aromatic N) is 1. The van der Waals surface area contributed by atoms with Gasteiger partial charge in [-0.1, -0.05) is 19.1 Å². The number of halogens is 3. The second kappa shape index (κ2) is 9.79. The van der Waals surface area contributed by atoms with Gasteiger partial charge >= 0.3 is 6.61 Å². The average Bonchev–Trinajstić information content (AvgIpc) is 2.53. The highest BCUT2D eigenvalue weighted by Crippen LogP contribution is 2.23. The third kappa shape index (κ3) is 5.91. The molecule has 0 spiro atoms. The number of carbonyl (C=O) groups excluding carboxylic acids is 1. The fraction of sp³-hybridized carbons (Fsp3) is 0.588. The molecule has 1 fully saturated rings. The molecular formula is C17H25ClF2N2O2. The first kappa shape index (κ1) is 20.6. The summed E-state index contributed by atoms with van der Waals surface area (Å²) in [4.78, 5) is 14.3. The van der Waals surface area contributed by atoms with Gasteiger partial charge in [0.1, 0.15) is 5.75 Å². The van der Waals surface area contributed by atoms with Crippen LogP contribution in [0.3, 0.4) is 0 Å². The maximum Gasteiger partial charge on any atom is 0.387 e. The Kier molecular flexibility index (Phi) is 8.42. The summed E-state index contributed by atoms with van der Waals surface area (Å²) in [5, 5.41) is 0. The van der Waals surface area contributed by atoms with Crippen molar-refractivity contribution < 1.29 is 18.3 Å². The molecule has 0 aromatic heterocycles. The first-order valence-electron chi connectivity index (χ1n) is 8.03. The van der Waals surface area contributed by atoms with Gasteiger partial charge in [-0.05, 0) is 42.9 Å². The highest BCUT2D eigenvalue weighted by Gasteiger charge is 2.28. The Labute approximate surface area is 147 Å². The number of hydrogen-bond acceptors (Lipinski definition) is 3. The molecule has 1 amide bonds. The van der Waals surface area contributed by atoms with Gasteiger partial charge in [0.05, 0.1) is 0 Å². The number of rotatable bonds is 6. The van der Waals surface area contributed by atoms with Gasteiger partial charge in [-0.3, -0.25) is 4.79 Å². The number of ether oxygens (including phenoxy) is 1. The molecule has 4 nitrogen and oxygen atoms in total. The molecule has 0 bridgehead atoms. The van der Waals surface area contributed by atoms with Crippen LogP contribution >= 0.6 is 12.4 Å². The van der Waals surface area contributed by atoms with Crippen molar-refractivity contribution in [3.8, 4) is 5.75 Å². The van der Waals surface area contributed by atoms with Gasteiger partial charge in [-0.25, -0.2) is 0 Å². The van der Waals surface area contributed by atoms with Crippen LogP contribution in [0.2, 0.25) is 0 Å². The standard InChI is InChI=1S/C17H24F2N2O2.ClH/c1-12-8-9-21(14(10-12)11-20)16(22)7-4-13-2-5-15(6-3-13)23-17(18)19;/h2-3,5-6,12,14,17H,4,7-11,20H2,1H3;1H. The van der Waals surface area contributed by atoms with Crippen LogP contribution in [-0.4, -0.2) is 36.5 Å². The molecule has 1 aromatic rings. The molecule has 1 saturated heterocycles. The maximum absolute atomic E-state index is 12.4. The van der Waals surface area contributed by atoms with E-state index in [2.05, 4.69) is 11.7 Å². The number of amides is 1. The van der Waals surface area contributed by atoms with Crippen LogP contribution in [0.15, 0.2) is 24.3 Å². The Balaban J connectivity index is 0.00000288. The van der Waals surface area contributed by atoms with Crippen molar-refractivity contribution in [1.29, 1.82) is 0 Å². The molecule has 2 unspecified atom stereocenters. The predicted molar refractivity (Wildman–Crippen MR) is 91.6 cm³/mol. The van der Waals surface area contributed by atoms with Gasteiger partial charge in [0.15, 0.2) is 0 Å². The lowest BCUT2D eigenvalue weighted by Crippen LogP contribution is -2.49. The Morgan fingerprint density at radius 1 is 1.38 bits per heavy atom. The van der Waals surface area contributed by atoms with Crippen LogP contribution in [0.25, 0.3) is 0 Å². The van der Waals surface area contributed by atoms with E-state index in [1.165, 1.54) is 12.1 Å². The normalized spacial score (nSPS) is 20.6. The predicted octanol–water partition coefficient (Wildman–Crippen LogP) is 3.23. The molecule has 2 atom stereocenters. The van der Waals surface area contributed by atoms with E-state index in [0.717, 1.165) is 24.9 Å². The van der Waals surface area contributed by atoms with Crippen LogP contribution in [-0.2, 0) is 11.2 Å². The van der Waals surface area contributed by atoms with Crippen LogP contribution < -0.4 is 10.5 Å². The molecule has 2 rings (SSSR count). The fourth-order valence-corrected chi connectivity index (χ4v) is 3.04. The number of aryl methyl sites for hydroxylation is 1. The van der Waals surface area contributed by atoms with Crippen LogP contribution in [0, 0.1) is 5.92 Å². The van der Waals surface area contributed by atoms with Crippen molar-refractivity contribution in [1.82, 2.24) is 4.90 Å². The summed E-state index contributed by atoms with van der Waals surface area (Å²) in [6.45, 7) is 0.629. The first-order valence-corrected chi connectivity index (χ1v) is 8.03. The zero-order valence-corrected chi connectivity index (χ0v) is 14.6. The highest BCUT2D eigenvalue weighted by atomic mass is 35.5. The van der Waals surface area contributed by atoms with Crippen LogP contribution in [0.4, 0.5) is 8.78 Å². The Bertz CT molecular complexity index is 514. The SMILES string of the molecule is CC1CCN(C(=O)CCc2ccc(OC(F)F)cc2)C(CN)C1.Cl. The summed E-state index contributed by atoms with van der Waals surface area (Å²) in [5.74, 6) is 0.846. The molecule has 0 saturated carbocycles. The molecule has 0 aliphatic carbocycles. The molecule has 1 aliphatic heterocycles. The second-order valence-corrected chi connectivity index (χ2v) is 6.13. The summed E-state index contributed by atoms with van der Waals surface area (Å²) in [6, 6.07) is 6.55. The zero-order valence-electron chi connectivity index (χ0n) is 13.8. The number of carbonyl (C=O) groups is 1. The number of likely N-dealkylation sites (tertiary alicyclic amines) is 1. The number of nitrogens with two attached hydrogens (primary N) is 1. The summed E-state index contributed by atoms with van der Waals surface area (Å²) < 4.78 is 28.5. The van der Waals surface area contributed by atoms with Gasteiger partial charge in [0.2, 0.25) is 5.91 Å². The highest BCUT2D eigenvalue weighted by molar-refractivity contribution is 5.85. The minimum atomic E-state index is -2.82. The van der Waals surface area contributed by atoms with E-state index in [9.17, 15) is 13.6 Å². The maximum atomic E-state index is 12.4. The first-order chi connectivity index (χ1) is 11.0. The van der Waals surface area contributed by atoms with Crippen molar-refractivity contribution in [3.63, 3.8) is 0 Å². The van der Waals surface area contributed by atoms with Crippen molar-refractivity contribution in [3.05, 3.63) is 29.8 Å². The number of piperidine rings is 1. The summed E-state index contributed by atoms with van der Waals surface area (Å²) >= 11 is 0. The lowest BCUT2D eigenvalue weighted by molar-refractivity contribution is -0.135. The number of benzene rings is 1. The third-order valence-corrected chi connectivity index (χ3v) is 4.35. The van der Waals surface area contributed by atoms with E-state index in [-0.39, 0.29) is 30.1 Å². The fourth-order valence-electron chi connectivity index (χ4n) is 3.04. The minimum absolute atomic E-state index is 0. The molecular weight excluding hydrogens is 338 g/mol. The molecule has 7 heteroatoms. The molecule has 1 heterocycles. The lowest BCUT2D eigenvalue weighted by atomic mass is 9.92. The molecule has 1 aliphatic rings. The Hall–Kier alpha value is -1.40. The van der Waals surface area contributed by atoms with E-state index < -0.39 is 6.61 Å². The van der Waals surface area contributed by atoms with Crippen molar-refractivity contribution in [2.24, 2.45) is 11.7 Å². The van der Waals surface area contributed by atoms with Crippen LogP contribution in [0.5, 0.6) is 5.75 Å². The Morgan fingerprint density at radius 2 is 2.04 bits per heavy atom. The summed E-state index contributed by atoms with van der Waals surface area (Å²) in [5.41, 5.74) is 6.71. The molecule has 2 N–H and O–H groups in total. The van der Waals surface area contributed by atoms with Crippen LogP contribution in [0.1, 0.15) is 31.7 Å². The quantitative estimate of drug-likeness (QED) is 0.845. The monoisotopic (exact) mass is 362 g/mol. The van der Waals surface area contributed by atoms with Gasteiger partial charge < -0.3 is 15.4 Å². The minimum Gasteiger partial charge on any atom is -0.435 e. The second-order valence-electron chi connectivity index (χ2n) is 6.13. The average molecular weight is 363 g/mol. The Morgan fingerprint density at radius 3 is 2.62 bits per heavy atom. The zero-order chi connectivity index (χ0) is 16.8. The summed E-state index contributed by atoms with van der Waals surface area (Å²) in [6.07, 6.45) is 2.96. The topological polar surface area (TPSA) is 55.6 Å². The van der Waals surface area contributed by atoms with E-state index in [1.807, 2.05) is 4.90 Å². The van der Waals surface area contributed by atoms with Gasteiger partial charge in [0, 0.05) is 25.6 Å². The van der Waals surface area contributed by atoms with Crippen molar-refractivity contribution in [2.45, 2.75) is 45.3 Å².